The van der Waals surface area contributed by atoms with Crippen LogP contribution in [0.4, 0.5) is 5.69 Å². The van der Waals surface area contributed by atoms with Crippen molar-refractivity contribution in [3.05, 3.63) is 124 Å². The van der Waals surface area contributed by atoms with E-state index in [4.69, 9.17) is 14.2 Å². The molecule has 0 fully saturated rings. The zero-order valence-corrected chi connectivity index (χ0v) is 25.5. The number of benzene rings is 6. The minimum absolute atomic E-state index is 0.0199. The Balaban J connectivity index is 0.810. The third-order valence-corrected chi connectivity index (χ3v) is 8.60. The Bertz CT molecular complexity index is 2470. The maximum atomic E-state index is 13.3. The van der Waals surface area contributed by atoms with Gasteiger partial charge in [-0.1, -0.05) is 60.7 Å². The van der Waals surface area contributed by atoms with Crippen LogP contribution in [0.15, 0.2) is 102 Å². The molecule has 6 aromatic carbocycles. The van der Waals surface area contributed by atoms with Crippen LogP contribution in [0.1, 0.15) is 26.5 Å². The second-order valence-corrected chi connectivity index (χ2v) is 11.4. The number of anilines is 1. The fourth-order valence-electron chi connectivity index (χ4n) is 6.38. The number of esters is 2. The van der Waals surface area contributed by atoms with Crippen molar-refractivity contribution in [2.45, 2.75) is 0 Å². The van der Waals surface area contributed by atoms with Crippen LogP contribution in [-0.2, 0) is 19.0 Å². The van der Waals surface area contributed by atoms with Crippen molar-refractivity contribution >= 4 is 66.6 Å². The topological polar surface area (TPSA) is 126 Å². The summed E-state index contributed by atoms with van der Waals surface area (Å²) in [5, 5.41) is 9.62. The Kier molecular flexibility index (Phi) is 7.26. The monoisotopic (exact) mass is 637 g/mol. The van der Waals surface area contributed by atoms with Gasteiger partial charge in [-0.3, -0.25) is 19.0 Å². The Labute approximate surface area is 272 Å². The molecule has 1 aliphatic heterocycles. The van der Waals surface area contributed by atoms with Gasteiger partial charge in [0.05, 0.1) is 40.9 Å². The Morgan fingerprint density at radius 2 is 1.44 bits per heavy atom. The van der Waals surface area contributed by atoms with Gasteiger partial charge >= 0.3 is 11.9 Å². The van der Waals surface area contributed by atoms with E-state index in [2.05, 4.69) is 34.6 Å². The second-order valence-electron chi connectivity index (χ2n) is 11.4. The normalized spacial score (nSPS) is 12.1. The number of carbonyl (C=O) groups excluding carboxylic acids is 3. The van der Waals surface area contributed by atoms with Crippen molar-refractivity contribution in [1.29, 1.82) is 0 Å². The van der Waals surface area contributed by atoms with E-state index in [1.807, 2.05) is 24.3 Å². The molecule has 0 aliphatic carbocycles. The predicted molar refractivity (Wildman–Crippen MR) is 181 cm³/mol. The van der Waals surface area contributed by atoms with Crippen LogP contribution >= 0.6 is 0 Å². The first-order valence-corrected chi connectivity index (χ1v) is 15.5. The van der Waals surface area contributed by atoms with Gasteiger partial charge < -0.3 is 19.5 Å². The van der Waals surface area contributed by atoms with Crippen LogP contribution in [0.25, 0.3) is 48.9 Å². The van der Waals surface area contributed by atoms with Gasteiger partial charge in [-0.15, -0.1) is 0 Å². The summed E-state index contributed by atoms with van der Waals surface area (Å²) in [5.41, 5.74) is 1.99. The summed E-state index contributed by atoms with van der Waals surface area (Å²) in [7, 11) is 0. The van der Waals surface area contributed by atoms with Crippen molar-refractivity contribution in [2.75, 3.05) is 38.3 Å². The van der Waals surface area contributed by atoms with E-state index in [-0.39, 0.29) is 50.1 Å². The molecule has 2 heterocycles. The van der Waals surface area contributed by atoms with Crippen molar-refractivity contribution in [3.8, 4) is 5.69 Å². The number of hydrogen-bond donors (Lipinski definition) is 1. The number of carbonyl (C=O) groups is 3. The summed E-state index contributed by atoms with van der Waals surface area (Å²) in [6, 6.07) is 29.8. The molecule has 0 atom stereocenters. The molecule has 0 bridgehead atoms. The van der Waals surface area contributed by atoms with E-state index in [1.165, 1.54) is 4.57 Å². The van der Waals surface area contributed by atoms with Crippen molar-refractivity contribution < 1.29 is 28.6 Å². The molecule has 48 heavy (non-hydrogen) atoms. The highest BCUT2D eigenvalue weighted by Gasteiger charge is 2.30. The zero-order valence-electron chi connectivity index (χ0n) is 25.5. The van der Waals surface area contributed by atoms with Gasteiger partial charge in [-0.25, -0.2) is 9.78 Å². The quantitative estimate of drug-likeness (QED) is 0.115. The van der Waals surface area contributed by atoms with Crippen molar-refractivity contribution in [2.24, 2.45) is 0 Å². The maximum absolute atomic E-state index is 13.3. The number of para-hydroxylation sites is 1. The van der Waals surface area contributed by atoms with Crippen LogP contribution in [-0.4, -0.2) is 60.2 Å². The molecule has 10 nitrogen and oxygen atoms in total. The molecule has 0 amide bonds. The maximum Gasteiger partial charge on any atom is 0.338 e. The largest absolute Gasteiger partial charge is 0.462 e. The standard InChI is InChI=1S/C38H27N3O7/c42-32(21-39-25-12-15-30-29(20-25)37(44)41-31-7-2-1-6-28(31)35(43)36(41)40-30)47-18-16-46-17-19-48-38(45)27-14-11-24-9-8-22-4-3-5-23-10-13-26(27)34(24)33(22)23/h1-15,20,39H,16-19,21H2. The number of nitrogens with zero attached hydrogens (tertiary/aromatic N) is 2. The second kappa shape index (κ2) is 11.9. The van der Waals surface area contributed by atoms with E-state index < -0.39 is 11.9 Å². The number of hydrogen-bond acceptors (Lipinski definition) is 9. The molecular formula is C38H27N3O7. The summed E-state index contributed by atoms with van der Waals surface area (Å²) in [6.07, 6.45) is 0. The molecule has 1 N–H and O–H groups in total. The SMILES string of the molecule is O=C(CNc1ccc2nc3n(c(=O)c2c1)-c1ccccc1C3=O)OCCOCCOC(=O)c1ccc2ccc3cccc4ccc1c2c34. The first kappa shape index (κ1) is 29.3. The highest BCUT2D eigenvalue weighted by atomic mass is 16.6. The lowest BCUT2D eigenvalue weighted by atomic mass is 9.92. The van der Waals surface area contributed by atoms with Gasteiger partial charge in [0.25, 0.3) is 5.56 Å². The van der Waals surface area contributed by atoms with E-state index in [1.54, 1.807) is 48.5 Å². The van der Waals surface area contributed by atoms with Gasteiger partial charge in [-0.05, 0) is 68.7 Å². The van der Waals surface area contributed by atoms with Gasteiger partial charge in [0, 0.05) is 5.69 Å². The van der Waals surface area contributed by atoms with Crippen LogP contribution in [0.5, 0.6) is 0 Å². The van der Waals surface area contributed by atoms with Crippen LogP contribution in [0, 0.1) is 0 Å². The number of ketones is 1. The molecule has 0 saturated carbocycles. The first-order valence-electron chi connectivity index (χ1n) is 15.5. The summed E-state index contributed by atoms with van der Waals surface area (Å²) < 4.78 is 17.6. The number of rotatable bonds is 10. The molecule has 8 rings (SSSR count). The summed E-state index contributed by atoms with van der Waals surface area (Å²) >= 11 is 0. The molecule has 7 aromatic rings. The summed E-state index contributed by atoms with van der Waals surface area (Å²) in [6.45, 7) is 0.213. The molecule has 10 heteroatoms. The highest BCUT2D eigenvalue weighted by molar-refractivity contribution is 6.26. The number of nitrogens with one attached hydrogen (secondary N) is 1. The molecule has 1 aromatic heterocycles. The van der Waals surface area contributed by atoms with Crippen molar-refractivity contribution in [3.63, 3.8) is 0 Å². The Morgan fingerprint density at radius 1 is 0.708 bits per heavy atom. The lowest BCUT2D eigenvalue weighted by Crippen LogP contribution is -2.22. The van der Waals surface area contributed by atoms with Crippen LogP contribution in [0.2, 0.25) is 0 Å². The minimum Gasteiger partial charge on any atom is -0.462 e. The van der Waals surface area contributed by atoms with Gasteiger partial charge in [-0.2, -0.15) is 0 Å². The fraction of sp³-hybridized carbons (Fsp3) is 0.132. The molecule has 0 unspecified atom stereocenters. The average molecular weight is 638 g/mol. The Hall–Kier alpha value is -6.13. The summed E-state index contributed by atoms with van der Waals surface area (Å²) in [4.78, 5) is 55.8. The van der Waals surface area contributed by atoms with Crippen molar-refractivity contribution in [1.82, 2.24) is 9.55 Å². The average Bonchev–Trinajstić information content (AvgIpc) is 3.40. The zero-order chi connectivity index (χ0) is 32.8. The van der Waals surface area contributed by atoms with Gasteiger partial charge in [0.1, 0.15) is 19.8 Å². The fourth-order valence-corrected chi connectivity index (χ4v) is 6.38. The molecule has 1 aliphatic rings. The number of ether oxygens (including phenoxy) is 3. The van der Waals surface area contributed by atoms with E-state index in [0.717, 1.165) is 32.3 Å². The third kappa shape index (κ3) is 4.99. The molecule has 0 radical (unpaired) electrons. The van der Waals surface area contributed by atoms with Crippen LogP contribution < -0.4 is 10.9 Å². The minimum atomic E-state index is -0.512. The molecule has 0 saturated heterocycles. The third-order valence-electron chi connectivity index (χ3n) is 8.60. The molecule has 0 spiro atoms. The van der Waals surface area contributed by atoms with E-state index in [0.29, 0.717) is 33.4 Å². The smallest absolute Gasteiger partial charge is 0.338 e. The number of aromatic nitrogens is 2. The van der Waals surface area contributed by atoms with E-state index >= 15 is 0 Å². The lowest BCUT2D eigenvalue weighted by Gasteiger charge is -2.13. The van der Waals surface area contributed by atoms with E-state index in [9.17, 15) is 19.2 Å². The molecule has 236 valence electrons. The van der Waals surface area contributed by atoms with Gasteiger partial charge in [0.2, 0.25) is 5.78 Å². The summed E-state index contributed by atoms with van der Waals surface area (Å²) in [5.74, 6) is -1.15. The van der Waals surface area contributed by atoms with Crippen LogP contribution in [0.3, 0.4) is 0 Å². The predicted octanol–water partition coefficient (Wildman–Crippen LogP) is 5.66. The lowest BCUT2D eigenvalue weighted by molar-refractivity contribution is -0.143. The Morgan fingerprint density at radius 3 is 2.27 bits per heavy atom. The number of fused-ring (bicyclic) bond motifs is 4. The van der Waals surface area contributed by atoms with Gasteiger partial charge in [0.15, 0.2) is 5.82 Å². The molecular weight excluding hydrogens is 610 g/mol. The highest BCUT2D eigenvalue weighted by Crippen LogP contribution is 2.36. The first-order chi connectivity index (χ1) is 23.5.